The molecule has 1 fully saturated rings. The summed E-state index contributed by atoms with van der Waals surface area (Å²) in [7, 11) is 1.57. The second-order valence-corrected chi connectivity index (χ2v) is 6.38. The lowest BCUT2D eigenvalue weighted by atomic mass is 10.1. The second-order valence-electron chi connectivity index (χ2n) is 6.38. The quantitative estimate of drug-likeness (QED) is 0.930. The Hall–Kier alpha value is -2.82. The van der Waals surface area contributed by atoms with Crippen LogP contribution in [0.15, 0.2) is 42.5 Å². The van der Waals surface area contributed by atoms with E-state index < -0.39 is 0 Å². The molecule has 0 spiro atoms. The first-order valence-electron chi connectivity index (χ1n) is 8.31. The first-order valence-corrected chi connectivity index (χ1v) is 8.31. The number of amides is 2. The van der Waals surface area contributed by atoms with Crippen LogP contribution in [0.4, 0.5) is 11.4 Å². The van der Waals surface area contributed by atoms with E-state index >= 15 is 0 Å². The minimum atomic E-state index is -0.377. The lowest BCUT2D eigenvalue weighted by Gasteiger charge is -2.19. The Morgan fingerprint density at radius 3 is 2.68 bits per heavy atom. The van der Waals surface area contributed by atoms with Gasteiger partial charge in [0.25, 0.3) is 0 Å². The summed E-state index contributed by atoms with van der Waals surface area (Å²) in [5, 5.41) is 2.95. The molecule has 0 bridgehead atoms. The Morgan fingerprint density at radius 2 is 1.96 bits per heavy atom. The molecule has 2 aromatic carbocycles. The van der Waals surface area contributed by atoms with Crippen molar-refractivity contribution in [2.75, 3.05) is 23.9 Å². The number of anilines is 2. The maximum Gasteiger partial charge on any atom is 0.229 e. The highest BCUT2D eigenvalue weighted by atomic mass is 16.5. The Bertz CT molecular complexity index is 816. The summed E-state index contributed by atoms with van der Waals surface area (Å²) in [6.45, 7) is 4.33. The van der Waals surface area contributed by atoms with E-state index in [0.29, 0.717) is 18.0 Å². The first-order chi connectivity index (χ1) is 12.0. The highest BCUT2D eigenvalue weighted by Crippen LogP contribution is 2.33. The molecule has 2 amide bonds. The van der Waals surface area contributed by atoms with E-state index in [9.17, 15) is 9.59 Å². The Labute approximate surface area is 147 Å². The number of para-hydroxylation sites is 2. The summed E-state index contributed by atoms with van der Waals surface area (Å²) >= 11 is 0. The molecule has 3 rings (SSSR count). The lowest BCUT2D eigenvalue weighted by Crippen LogP contribution is -2.28. The number of carbonyl (C=O) groups is 2. The van der Waals surface area contributed by atoms with Gasteiger partial charge in [-0.2, -0.15) is 0 Å². The number of hydrogen-bond acceptors (Lipinski definition) is 3. The van der Waals surface area contributed by atoms with Crippen molar-refractivity contribution >= 4 is 23.2 Å². The Kier molecular flexibility index (Phi) is 4.74. The number of benzene rings is 2. The van der Waals surface area contributed by atoms with E-state index in [4.69, 9.17) is 4.74 Å². The molecule has 2 aromatic rings. The van der Waals surface area contributed by atoms with Crippen molar-refractivity contribution in [3.05, 3.63) is 53.6 Å². The fraction of sp³-hybridized carbons (Fsp3) is 0.300. The van der Waals surface area contributed by atoms with Gasteiger partial charge in [-0.15, -0.1) is 0 Å². The molecule has 1 atom stereocenters. The van der Waals surface area contributed by atoms with Crippen LogP contribution in [0, 0.1) is 19.8 Å². The molecule has 1 saturated heterocycles. The van der Waals surface area contributed by atoms with E-state index in [0.717, 1.165) is 16.8 Å². The maximum absolute atomic E-state index is 12.6. The zero-order chi connectivity index (χ0) is 18.0. The minimum Gasteiger partial charge on any atom is -0.495 e. The molecule has 0 saturated carbocycles. The first kappa shape index (κ1) is 17.0. The van der Waals surface area contributed by atoms with Gasteiger partial charge in [-0.25, -0.2) is 0 Å². The molecular formula is C20H22N2O3. The van der Waals surface area contributed by atoms with Gasteiger partial charge < -0.3 is 15.0 Å². The zero-order valence-electron chi connectivity index (χ0n) is 14.7. The molecule has 25 heavy (non-hydrogen) atoms. The molecule has 1 aliphatic heterocycles. The maximum atomic E-state index is 12.6. The van der Waals surface area contributed by atoms with Gasteiger partial charge in [0.2, 0.25) is 11.8 Å². The van der Waals surface area contributed by atoms with Crippen molar-refractivity contribution in [1.82, 2.24) is 0 Å². The molecule has 1 heterocycles. The second kappa shape index (κ2) is 6.97. The summed E-state index contributed by atoms with van der Waals surface area (Å²) in [6, 6.07) is 13.2. The smallest absolute Gasteiger partial charge is 0.229 e. The van der Waals surface area contributed by atoms with Crippen LogP contribution in [0.5, 0.6) is 5.75 Å². The van der Waals surface area contributed by atoms with Gasteiger partial charge in [-0.3, -0.25) is 9.59 Å². The van der Waals surface area contributed by atoms with Crippen LogP contribution < -0.4 is 15.0 Å². The molecule has 5 nitrogen and oxygen atoms in total. The van der Waals surface area contributed by atoms with Crippen LogP contribution in [0.3, 0.4) is 0 Å². The fourth-order valence-electron chi connectivity index (χ4n) is 3.16. The van der Waals surface area contributed by atoms with E-state index in [-0.39, 0.29) is 24.2 Å². The predicted octanol–water partition coefficient (Wildman–Crippen LogP) is 3.30. The molecule has 0 unspecified atom stereocenters. The normalized spacial score (nSPS) is 16.8. The topological polar surface area (TPSA) is 58.6 Å². The summed E-state index contributed by atoms with van der Waals surface area (Å²) < 4.78 is 5.33. The summed E-state index contributed by atoms with van der Waals surface area (Å²) in [5.74, 6) is 0.0624. The molecule has 130 valence electrons. The monoisotopic (exact) mass is 338 g/mol. The number of nitrogens with zero attached hydrogens (tertiary/aromatic N) is 1. The lowest BCUT2D eigenvalue weighted by molar-refractivity contribution is -0.122. The van der Waals surface area contributed by atoms with E-state index in [1.807, 2.05) is 56.3 Å². The largest absolute Gasteiger partial charge is 0.495 e. The van der Waals surface area contributed by atoms with Gasteiger partial charge in [-0.05, 0) is 37.6 Å². The molecule has 1 aliphatic rings. The average molecular weight is 338 g/mol. The number of ether oxygens (including phenoxy) is 1. The third kappa shape index (κ3) is 3.50. The van der Waals surface area contributed by atoms with E-state index in [2.05, 4.69) is 5.32 Å². The van der Waals surface area contributed by atoms with Crippen LogP contribution >= 0.6 is 0 Å². The Balaban J connectivity index is 1.74. The van der Waals surface area contributed by atoms with Crippen LogP contribution in [0.2, 0.25) is 0 Å². The number of rotatable bonds is 4. The standard InChI is InChI=1S/C20H22N2O3/c1-13-8-9-16(14(2)10-13)21-20(24)15-11-19(23)22(12-15)17-6-4-5-7-18(17)25-3/h4-10,15H,11-12H2,1-3H3,(H,21,24)/t15-/m0/s1. The van der Waals surface area contributed by atoms with Crippen molar-refractivity contribution in [2.45, 2.75) is 20.3 Å². The van der Waals surface area contributed by atoms with Crippen molar-refractivity contribution in [3.8, 4) is 5.75 Å². The van der Waals surface area contributed by atoms with Crippen molar-refractivity contribution < 1.29 is 14.3 Å². The van der Waals surface area contributed by atoms with Crippen molar-refractivity contribution in [3.63, 3.8) is 0 Å². The predicted molar refractivity (Wildman–Crippen MR) is 98.0 cm³/mol. The van der Waals surface area contributed by atoms with Crippen LogP contribution in [0.1, 0.15) is 17.5 Å². The van der Waals surface area contributed by atoms with Crippen molar-refractivity contribution in [1.29, 1.82) is 0 Å². The van der Waals surface area contributed by atoms with Gasteiger partial charge >= 0.3 is 0 Å². The third-order valence-electron chi connectivity index (χ3n) is 4.51. The van der Waals surface area contributed by atoms with Crippen molar-refractivity contribution in [2.24, 2.45) is 5.92 Å². The van der Waals surface area contributed by atoms with Crippen LogP contribution in [-0.2, 0) is 9.59 Å². The van der Waals surface area contributed by atoms with Gasteiger partial charge in [-0.1, -0.05) is 29.8 Å². The molecule has 1 N–H and O–H groups in total. The number of methoxy groups -OCH3 is 1. The number of carbonyl (C=O) groups excluding carboxylic acids is 2. The molecule has 0 aliphatic carbocycles. The number of aryl methyl sites for hydroxylation is 2. The van der Waals surface area contributed by atoms with Gasteiger partial charge in [0.05, 0.1) is 18.7 Å². The highest BCUT2D eigenvalue weighted by Gasteiger charge is 2.36. The summed E-state index contributed by atoms with van der Waals surface area (Å²) in [5.41, 5.74) is 3.66. The van der Waals surface area contributed by atoms with Gasteiger partial charge in [0.1, 0.15) is 5.75 Å². The van der Waals surface area contributed by atoms with Crippen LogP contribution in [-0.4, -0.2) is 25.5 Å². The molecule has 0 radical (unpaired) electrons. The zero-order valence-corrected chi connectivity index (χ0v) is 14.7. The van der Waals surface area contributed by atoms with E-state index in [1.54, 1.807) is 12.0 Å². The third-order valence-corrected chi connectivity index (χ3v) is 4.51. The minimum absolute atomic E-state index is 0.0646. The fourth-order valence-corrected chi connectivity index (χ4v) is 3.16. The summed E-state index contributed by atoms with van der Waals surface area (Å²) in [4.78, 5) is 26.6. The molecular weight excluding hydrogens is 316 g/mol. The van der Waals surface area contributed by atoms with Gasteiger partial charge in [0, 0.05) is 18.7 Å². The van der Waals surface area contributed by atoms with E-state index in [1.165, 1.54) is 0 Å². The summed E-state index contributed by atoms with van der Waals surface area (Å²) in [6.07, 6.45) is 0.203. The average Bonchev–Trinajstić information content (AvgIpc) is 2.99. The molecule has 0 aromatic heterocycles. The molecule has 5 heteroatoms. The van der Waals surface area contributed by atoms with Gasteiger partial charge in [0.15, 0.2) is 0 Å². The number of hydrogen-bond donors (Lipinski definition) is 1. The SMILES string of the molecule is COc1ccccc1N1C[C@@H](C(=O)Nc2ccc(C)cc2C)CC1=O. The highest BCUT2D eigenvalue weighted by molar-refractivity contribution is 6.04. The van der Waals surface area contributed by atoms with Crippen LogP contribution in [0.25, 0.3) is 0 Å². The Morgan fingerprint density at radius 1 is 1.20 bits per heavy atom. The number of nitrogens with one attached hydrogen (secondary N) is 1.